The molecule has 3 heteroatoms. The van der Waals surface area contributed by atoms with E-state index in [1.807, 2.05) is 0 Å². The lowest BCUT2D eigenvalue weighted by Crippen LogP contribution is -2.27. The average molecular weight is 237 g/mol. The summed E-state index contributed by atoms with van der Waals surface area (Å²) in [6.45, 7) is 4.06. The molecule has 1 aliphatic rings. The predicted molar refractivity (Wildman–Crippen MR) is 66.2 cm³/mol. The van der Waals surface area contributed by atoms with Crippen LogP contribution in [-0.4, -0.2) is 29.1 Å². The molecule has 1 unspecified atom stereocenters. The van der Waals surface area contributed by atoms with Gasteiger partial charge in [0.25, 0.3) is 0 Å². The van der Waals surface area contributed by atoms with Crippen LogP contribution in [0.25, 0.3) is 0 Å². The summed E-state index contributed by atoms with van der Waals surface area (Å²) < 4.78 is 13.0. The maximum atomic E-state index is 13.0. The quantitative estimate of drug-likeness (QED) is 0.822. The molecule has 1 aliphatic carbocycles. The third-order valence-electron chi connectivity index (χ3n) is 3.39. The molecule has 94 valence electrons. The molecule has 17 heavy (non-hydrogen) atoms. The van der Waals surface area contributed by atoms with E-state index in [0.29, 0.717) is 12.0 Å². The number of benzene rings is 1. The molecular weight excluding hydrogens is 217 g/mol. The van der Waals surface area contributed by atoms with Crippen molar-refractivity contribution in [2.75, 3.05) is 13.1 Å². The van der Waals surface area contributed by atoms with Crippen LogP contribution in [0.2, 0.25) is 0 Å². The Morgan fingerprint density at radius 2 is 2.24 bits per heavy atom. The van der Waals surface area contributed by atoms with Crippen molar-refractivity contribution in [3.63, 3.8) is 0 Å². The van der Waals surface area contributed by atoms with E-state index in [1.165, 1.54) is 25.0 Å². The predicted octanol–water partition coefficient (Wildman–Crippen LogP) is 2.73. The number of hydrogen-bond donors (Lipinski definition) is 1. The second-order valence-electron chi connectivity index (χ2n) is 4.72. The smallest absolute Gasteiger partial charge is 0.123 e. The highest BCUT2D eigenvalue weighted by molar-refractivity contribution is 5.18. The fraction of sp³-hybridized carbons (Fsp3) is 0.571. The first-order valence-corrected chi connectivity index (χ1v) is 6.38. The molecule has 2 nitrogen and oxygen atoms in total. The Balaban J connectivity index is 1.85. The van der Waals surface area contributed by atoms with Gasteiger partial charge in [0.1, 0.15) is 5.82 Å². The molecule has 1 N–H and O–H groups in total. The van der Waals surface area contributed by atoms with Crippen LogP contribution in [0, 0.1) is 5.82 Å². The average Bonchev–Trinajstić information content (AvgIpc) is 3.14. The summed E-state index contributed by atoms with van der Waals surface area (Å²) in [6, 6.07) is 6.96. The van der Waals surface area contributed by atoms with Crippen molar-refractivity contribution < 1.29 is 9.50 Å². The largest absolute Gasteiger partial charge is 0.388 e. The minimum absolute atomic E-state index is 0.281. The minimum Gasteiger partial charge on any atom is -0.388 e. The summed E-state index contributed by atoms with van der Waals surface area (Å²) in [5.41, 5.74) is 0.678. The molecule has 1 aromatic rings. The lowest BCUT2D eigenvalue weighted by atomic mass is 10.1. The van der Waals surface area contributed by atoms with Gasteiger partial charge in [0.2, 0.25) is 0 Å². The maximum Gasteiger partial charge on any atom is 0.123 e. The van der Waals surface area contributed by atoms with Gasteiger partial charge in [-0.3, -0.25) is 0 Å². The molecule has 1 aromatic carbocycles. The molecular formula is C14H20FNO. The van der Waals surface area contributed by atoms with Gasteiger partial charge in [0, 0.05) is 12.6 Å². The number of halogens is 1. The summed E-state index contributed by atoms with van der Waals surface area (Å²) in [7, 11) is 0. The summed E-state index contributed by atoms with van der Waals surface area (Å²) in [5, 5.41) is 10.00. The summed E-state index contributed by atoms with van der Waals surface area (Å²) in [5.74, 6) is -0.281. The van der Waals surface area contributed by atoms with Gasteiger partial charge >= 0.3 is 0 Å². The highest BCUT2D eigenvalue weighted by atomic mass is 19.1. The van der Waals surface area contributed by atoms with Crippen molar-refractivity contribution in [2.24, 2.45) is 0 Å². The van der Waals surface area contributed by atoms with Gasteiger partial charge in [-0.05, 0) is 43.5 Å². The highest BCUT2D eigenvalue weighted by Gasteiger charge is 2.27. The molecule has 1 saturated carbocycles. The fourth-order valence-electron chi connectivity index (χ4n) is 2.21. The van der Waals surface area contributed by atoms with E-state index in [9.17, 15) is 9.50 Å². The fourth-order valence-corrected chi connectivity index (χ4v) is 2.21. The van der Waals surface area contributed by atoms with Crippen LogP contribution in [0.1, 0.15) is 37.9 Å². The Hall–Kier alpha value is -0.930. The van der Waals surface area contributed by atoms with Gasteiger partial charge in [-0.2, -0.15) is 0 Å². The van der Waals surface area contributed by atoms with E-state index in [0.717, 1.165) is 19.1 Å². The van der Waals surface area contributed by atoms with E-state index in [1.54, 1.807) is 12.1 Å². The normalized spacial score (nSPS) is 17.4. The Morgan fingerprint density at radius 1 is 1.47 bits per heavy atom. The van der Waals surface area contributed by atoms with E-state index in [-0.39, 0.29) is 5.82 Å². The van der Waals surface area contributed by atoms with Crippen LogP contribution >= 0.6 is 0 Å². The van der Waals surface area contributed by atoms with Crippen LogP contribution in [-0.2, 0) is 0 Å². The summed E-state index contributed by atoms with van der Waals surface area (Å²) in [6.07, 6.45) is 2.68. The Bertz CT molecular complexity index is 365. The first kappa shape index (κ1) is 12.5. The Morgan fingerprint density at radius 3 is 2.82 bits per heavy atom. The Labute approximate surface area is 102 Å². The molecule has 0 aliphatic heterocycles. The number of aliphatic hydroxyl groups is 1. The number of nitrogens with zero attached hydrogens (tertiary/aromatic N) is 1. The van der Waals surface area contributed by atoms with Gasteiger partial charge in [-0.25, -0.2) is 4.39 Å². The minimum atomic E-state index is -0.557. The SMILES string of the molecule is CCN(CCC(O)c1cccc(F)c1)C1CC1. The molecule has 2 rings (SSSR count). The van der Waals surface area contributed by atoms with Gasteiger partial charge in [-0.1, -0.05) is 19.1 Å². The summed E-state index contributed by atoms with van der Waals surface area (Å²) >= 11 is 0. The van der Waals surface area contributed by atoms with Crippen LogP contribution in [0.4, 0.5) is 4.39 Å². The topological polar surface area (TPSA) is 23.5 Å². The maximum absolute atomic E-state index is 13.0. The van der Waals surface area contributed by atoms with Crippen molar-refractivity contribution in [3.05, 3.63) is 35.6 Å². The van der Waals surface area contributed by atoms with Gasteiger partial charge in [0.05, 0.1) is 6.10 Å². The van der Waals surface area contributed by atoms with Crippen LogP contribution < -0.4 is 0 Å². The van der Waals surface area contributed by atoms with Gasteiger partial charge in [-0.15, -0.1) is 0 Å². The molecule has 1 atom stereocenters. The first-order chi connectivity index (χ1) is 8.20. The van der Waals surface area contributed by atoms with E-state index in [4.69, 9.17) is 0 Å². The Kier molecular flexibility index (Phi) is 4.13. The van der Waals surface area contributed by atoms with Crippen LogP contribution in [0.5, 0.6) is 0 Å². The highest BCUT2D eigenvalue weighted by Crippen LogP contribution is 2.27. The second kappa shape index (κ2) is 5.61. The van der Waals surface area contributed by atoms with Gasteiger partial charge in [0.15, 0.2) is 0 Å². The van der Waals surface area contributed by atoms with E-state index >= 15 is 0 Å². The third-order valence-corrected chi connectivity index (χ3v) is 3.39. The van der Waals surface area contributed by atoms with Crippen molar-refractivity contribution in [1.29, 1.82) is 0 Å². The van der Waals surface area contributed by atoms with Gasteiger partial charge < -0.3 is 10.0 Å². The zero-order valence-electron chi connectivity index (χ0n) is 10.3. The molecule has 0 bridgehead atoms. The van der Waals surface area contributed by atoms with Crippen LogP contribution in [0.15, 0.2) is 24.3 Å². The van der Waals surface area contributed by atoms with Crippen molar-refractivity contribution >= 4 is 0 Å². The second-order valence-corrected chi connectivity index (χ2v) is 4.72. The third kappa shape index (κ3) is 3.51. The monoisotopic (exact) mass is 237 g/mol. The number of aliphatic hydroxyl groups excluding tert-OH is 1. The molecule has 0 heterocycles. The first-order valence-electron chi connectivity index (χ1n) is 6.38. The molecule has 0 radical (unpaired) electrons. The van der Waals surface area contributed by atoms with Crippen molar-refractivity contribution in [3.8, 4) is 0 Å². The molecule has 0 spiro atoms. The lowest BCUT2D eigenvalue weighted by molar-refractivity contribution is 0.141. The molecule has 0 saturated heterocycles. The molecule has 1 fully saturated rings. The van der Waals surface area contributed by atoms with E-state index < -0.39 is 6.10 Å². The standard InChI is InChI=1S/C14H20FNO/c1-2-16(13-6-7-13)9-8-14(17)11-4-3-5-12(15)10-11/h3-5,10,13-14,17H,2,6-9H2,1H3. The zero-order valence-corrected chi connectivity index (χ0v) is 10.3. The van der Waals surface area contributed by atoms with E-state index in [2.05, 4.69) is 11.8 Å². The zero-order chi connectivity index (χ0) is 12.3. The van der Waals surface area contributed by atoms with Crippen molar-refractivity contribution in [2.45, 2.75) is 38.3 Å². The van der Waals surface area contributed by atoms with Crippen LogP contribution in [0.3, 0.4) is 0 Å². The number of hydrogen-bond acceptors (Lipinski definition) is 2. The summed E-state index contributed by atoms with van der Waals surface area (Å²) in [4.78, 5) is 2.39. The molecule has 0 aromatic heterocycles. The number of rotatable bonds is 6. The molecule has 0 amide bonds. The van der Waals surface area contributed by atoms with Crippen molar-refractivity contribution in [1.82, 2.24) is 4.90 Å². The lowest BCUT2D eigenvalue weighted by Gasteiger charge is -2.21.